The van der Waals surface area contributed by atoms with Gasteiger partial charge in [0, 0.05) is 7.11 Å². The van der Waals surface area contributed by atoms with E-state index >= 15 is 0 Å². The lowest BCUT2D eigenvalue weighted by Gasteiger charge is -2.15. The lowest BCUT2D eigenvalue weighted by Crippen LogP contribution is -2.23. The molecule has 0 N–H and O–H groups in total. The molecule has 3 nitrogen and oxygen atoms in total. The summed E-state index contributed by atoms with van der Waals surface area (Å²) in [6, 6.07) is 5.60. The number of methoxy groups -OCH3 is 2. The highest BCUT2D eigenvalue weighted by molar-refractivity contribution is 6.02. The van der Waals surface area contributed by atoms with Crippen molar-refractivity contribution in [2.75, 3.05) is 14.2 Å². The standard InChI is InChI=1S/C14H20O3/c1-5-6-13(17-4)14(15)11-9-10(2)7-8-12(11)16-3/h7-9,13H,5-6H2,1-4H3. The molecule has 0 aliphatic rings. The van der Waals surface area contributed by atoms with E-state index in [0.717, 1.165) is 18.4 Å². The molecule has 94 valence electrons. The Hall–Kier alpha value is -1.35. The highest BCUT2D eigenvalue weighted by Crippen LogP contribution is 2.23. The molecular weight excluding hydrogens is 216 g/mol. The lowest BCUT2D eigenvalue weighted by molar-refractivity contribution is 0.0576. The van der Waals surface area contributed by atoms with Gasteiger partial charge < -0.3 is 9.47 Å². The fraction of sp³-hybridized carbons (Fsp3) is 0.500. The van der Waals surface area contributed by atoms with Crippen molar-refractivity contribution in [1.29, 1.82) is 0 Å². The van der Waals surface area contributed by atoms with Crippen LogP contribution in [0.1, 0.15) is 35.7 Å². The summed E-state index contributed by atoms with van der Waals surface area (Å²) in [5, 5.41) is 0. The number of hydrogen-bond donors (Lipinski definition) is 0. The van der Waals surface area contributed by atoms with Gasteiger partial charge in [-0.05, 0) is 25.5 Å². The van der Waals surface area contributed by atoms with Gasteiger partial charge in [0.25, 0.3) is 0 Å². The van der Waals surface area contributed by atoms with Gasteiger partial charge in [0.1, 0.15) is 11.9 Å². The predicted molar refractivity (Wildman–Crippen MR) is 67.8 cm³/mol. The summed E-state index contributed by atoms with van der Waals surface area (Å²) in [6.45, 7) is 3.99. The topological polar surface area (TPSA) is 35.5 Å². The third-order valence-corrected chi connectivity index (χ3v) is 2.75. The Morgan fingerprint density at radius 3 is 2.59 bits per heavy atom. The van der Waals surface area contributed by atoms with E-state index in [0.29, 0.717) is 11.3 Å². The second-order valence-corrected chi connectivity index (χ2v) is 4.08. The van der Waals surface area contributed by atoms with E-state index in [4.69, 9.17) is 9.47 Å². The molecule has 0 spiro atoms. The minimum absolute atomic E-state index is 0.00472. The van der Waals surface area contributed by atoms with E-state index in [1.807, 2.05) is 32.0 Å². The first kappa shape index (κ1) is 13.7. The molecule has 0 fully saturated rings. The Morgan fingerprint density at radius 1 is 1.35 bits per heavy atom. The number of aryl methyl sites for hydroxylation is 1. The molecule has 0 aliphatic heterocycles. The van der Waals surface area contributed by atoms with Crippen molar-refractivity contribution in [3.05, 3.63) is 29.3 Å². The van der Waals surface area contributed by atoms with Gasteiger partial charge in [-0.3, -0.25) is 4.79 Å². The van der Waals surface area contributed by atoms with Gasteiger partial charge >= 0.3 is 0 Å². The molecule has 1 atom stereocenters. The molecule has 0 aromatic heterocycles. The summed E-state index contributed by atoms with van der Waals surface area (Å²) >= 11 is 0. The van der Waals surface area contributed by atoms with Gasteiger partial charge in [-0.2, -0.15) is 0 Å². The van der Waals surface area contributed by atoms with Crippen molar-refractivity contribution in [2.24, 2.45) is 0 Å². The van der Waals surface area contributed by atoms with Gasteiger partial charge in [0.05, 0.1) is 12.7 Å². The van der Waals surface area contributed by atoms with E-state index in [1.54, 1.807) is 14.2 Å². The van der Waals surface area contributed by atoms with Crippen molar-refractivity contribution < 1.29 is 14.3 Å². The SMILES string of the molecule is CCCC(OC)C(=O)c1cc(C)ccc1OC. The maximum absolute atomic E-state index is 12.3. The Balaban J connectivity index is 3.04. The van der Waals surface area contributed by atoms with Crippen LogP contribution in [0.15, 0.2) is 18.2 Å². The van der Waals surface area contributed by atoms with Crippen molar-refractivity contribution in [2.45, 2.75) is 32.8 Å². The van der Waals surface area contributed by atoms with E-state index in [-0.39, 0.29) is 11.9 Å². The number of benzene rings is 1. The number of Topliss-reactive ketones (excluding diaryl/α,β-unsaturated/α-hetero) is 1. The summed E-state index contributed by atoms with van der Waals surface area (Å²) in [5.74, 6) is 0.605. The number of ketones is 1. The van der Waals surface area contributed by atoms with Crippen LogP contribution in [0.2, 0.25) is 0 Å². The Labute approximate surface area is 103 Å². The lowest BCUT2D eigenvalue weighted by atomic mass is 10.00. The van der Waals surface area contributed by atoms with E-state index in [9.17, 15) is 4.79 Å². The van der Waals surface area contributed by atoms with Crippen LogP contribution in [0.4, 0.5) is 0 Å². The molecule has 0 aliphatic carbocycles. The molecule has 1 unspecified atom stereocenters. The average Bonchev–Trinajstić information content (AvgIpc) is 2.35. The smallest absolute Gasteiger partial charge is 0.195 e. The second-order valence-electron chi connectivity index (χ2n) is 4.08. The monoisotopic (exact) mass is 236 g/mol. The third kappa shape index (κ3) is 3.30. The largest absolute Gasteiger partial charge is 0.496 e. The van der Waals surface area contributed by atoms with Crippen molar-refractivity contribution >= 4 is 5.78 Å². The molecule has 0 saturated heterocycles. The summed E-state index contributed by atoms with van der Waals surface area (Å²) in [5.41, 5.74) is 1.65. The quantitative estimate of drug-likeness (QED) is 0.712. The number of hydrogen-bond acceptors (Lipinski definition) is 3. The van der Waals surface area contributed by atoms with Crippen LogP contribution < -0.4 is 4.74 Å². The molecular formula is C14H20O3. The van der Waals surface area contributed by atoms with Gasteiger partial charge in [-0.15, -0.1) is 0 Å². The Bertz CT molecular complexity index is 385. The van der Waals surface area contributed by atoms with Gasteiger partial charge in [0.15, 0.2) is 5.78 Å². The molecule has 1 aromatic carbocycles. The van der Waals surface area contributed by atoms with Gasteiger partial charge in [-0.25, -0.2) is 0 Å². The van der Waals surface area contributed by atoms with E-state index in [1.165, 1.54) is 0 Å². The average molecular weight is 236 g/mol. The molecule has 0 bridgehead atoms. The minimum atomic E-state index is -0.379. The number of carbonyl (C=O) groups is 1. The van der Waals surface area contributed by atoms with E-state index in [2.05, 4.69) is 0 Å². The normalized spacial score (nSPS) is 12.2. The number of carbonyl (C=O) groups excluding carboxylic acids is 1. The van der Waals surface area contributed by atoms with Crippen LogP contribution in [0.5, 0.6) is 5.75 Å². The van der Waals surface area contributed by atoms with Gasteiger partial charge in [-0.1, -0.05) is 25.0 Å². The molecule has 1 rings (SSSR count). The summed E-state index contributed by atoms with van der Waals surface area (Å²) < 4.78 is 10.5. The molecule has 1 aromatic rings. The van der Waals surface area contributed by atoms with E-state index < -0.39 is 0 Å². The summed E-state index contributed by atoms with van der Waals surface area (Å²) in [7, 11) is 3.14. The van der Waals surface area contributed by atoms with Gasteiger partial charge in [0.2, 0.25) is 0 Å². The Kier molecular flexibility index (Phi) is 5.16. The van der Waals surface area contributed by atoms with Crippen molar-refractivity contribution in [1.82, 2.24) is 0 Å². The van der Waals surface area contributed by atoms with Crippen molar-refractivity contribution in [3.8, 4) is 5.75 Å². The Morgan fingerprint density at radius 2 is 2.06 bits per heavy atom. The maximum Gasteiger partial charge on any atom is 0.195 e. The molecule has 0 heterocycles. The van der Waals surface area contributed by atoms with Crippen LogP contribution in [-0.2, 0) is 4.74 Å². The maximum atomic E-state index is 12.3. The summed E-state index contributed by atoms with van der Waals surface area (Å²) in [4.78, 5) is 12.3. The van der Waals surface area contributed by atoms with Crippen LogP contribution >= 0.6 is 0 Å². The zero-order chi connectivity index (χ0) is 12.8. The molecule has 17 heavy (non-hydrogen) atoms. The fourth-order valence-corrected chi connectivity index (χ4v) is 1.81. The second kappa shape index (κ2) is 6.40. The predicted octanol–water partition coefficient (Wildman–Crippen LogP) is 3.00. The summed E-state index contributed by atoms with van der Waals surface area (Å²) in [6.07, 6.45) is 1.26. The molecule has 0 saturated carbocycles. The zero-order valence-electron chi connectivity index (χ0n) is 10.9. The minimum Gasteiger partial charge on any atom is -0.496 e. The first-order valence-corrected chi connectivity index (χ1v) is 5.85. The van der Waals surface area contributed by atoms with Crippen LogP contribution in [0.3, 0.4) is 0 Å². The van der Waals surface area contributed by atoms with Crippen LogP contribution in [0.25, 0.3) is 0 Å². The molecule has 0 amide bonds. The number of ether oxygens (including phenoxy) is 2. The highest BCUT2D eigenvalue weighted by atomic mass is 16.5. The highest BCUT2D eigenvalue weighted by Gasteiger charge is 2.21. The molecule has 3 heteroatoms. The van der Waals surface area contributed by atoms with Crippen molar-refractivity contribution in [3.63, 3.8) is 0 Å². The first-order valence-electron chi connectivity index (χ1n) is 5.85. The fourth-order valence-electron chi connectivity index (χ4n) is 1.81. The van der Waals surface area contributed by atoms with Crippen LogP contribution in [-0.4, -0.2) is 26.1 Å². The molecule has 0 radical (unpaired) electrons. The van der Waals surface area contributed by atoms with Crippen LogP contribution in [0, 0.1) is 6.92 Å². The number of rotatable bonds is 6. The third-order valence-electron chi connectivity index (χ3n) is 2.75. The zero-order valence-corrected chi connectivity index (χ0v) is 10.9. The first-order chi connectivity index (χ1) is 8.13.